The van der Waals surface area contributed by atoms with Crippen molar-refractivity contribution >= 4 is 12.6 Å². The third-order valence-corrected chi connectivity index (χ3v) is 7.45. The van der Waals surface area contributed by atoms with Crippen LogP contribution < -0.4 is 0 Å². The number of hydrogen-bond acceptors (Lipinski definition) is 5. The van der Waals surface area contributed by atoms with Crippen LogP contribution in [0.3, 0.4) is 0 Å². The van der Waals surface area contributed by atoms with Gasteiger partial charge in [0, 0.05) is 18.8 Å². The molecule has 6 heteroatoms. The van der Waals surface area contributed by atoms with Crippen LogP contribution in [0.5, 0.6) is 0 Å². The maximum absolute atomic E-state index is 14.1. The molecule has 0 radical (unpaired) electrons. The van der Waals surface area contributed by atoms with Crippen LogP contribution in [0.1, 0.15) is 57.6 Å². The first-order valence-corrected chi connectivity index (χ1v) is 11.4. The van der Waals surface area contributed by atoms with Crippen LogP contribution in [0.2, 0.25) is 0 Å². The Labute approximate surface area is 184 Å². The number of ether oxygens (including phenoxy) is 2. The van der Waals surface area contributed by atoms with Crippen molar-refractivity contribution in [3.63, 3.8) is 0 Å². The van der Waals surface area contributed by atoms with E-state index in [0.717, 1.165) is 17.5 Å². The molecule has 0 bridgehead atoms. The molecule has 0 aromatic heterocycles. The first kappa shape index (κ1) is 23.7. The van der Waals surface area contributed by atoms with Crippen LogP contribution in [0.25, 0.3) is 0 Å². The number of epoxide rings is 1. The highest BCUT2D eigenvalue weighted by molar-refractivity contribution is 7.80. The molecule has 4 nitrogen and oxygen atoms in total. The monoisotopic (exact) mass is 438 g/mol. The number of aliphatic hydroxyl groups is 2. The van der Waals surface area contributed by atoms with E-state index in [4.69, 9.17) is 9.47 Å². The van der Waals surface area contributed by atoms with Gasteiger partial charge in [-0.25, -0.2) is 4.39 Å². The van der Waals surface area contributed by atoms with Crippen LogP contribution >= 0.6 is 12.6 Å². The molecule has 2 N–H and O–H groups in total. The van der Waals surface area contributed by atoms with Crippen LogP contribution in [-0.4, -0.2) is 47.0 Å². The van der Waals surface area contributed by atoms with E-state index in [0.29, 0.717) is 31.4 Å². The van der Waals surface area contributed by atoms with Gasteiger partial charge in [-0.15, -0.1) is 0 Å². The van der Waals surface area contributed by atoms with Crippen LogP contribution in [-0.2, 0) is 21.5 Å². The van der Waals surface area contributed by atoms with E-state index in [1.165, 1.54) is 11.6 Å². The van der Waals surface area contributed by atoms with Gasteiger partial charge in [0.15, 0.2) is 0 Å². The minimum absolute atomic E-state index is 0.0329. The molecule has 1 aliphatic heterocycles. The molecule has 30 heavy (non-hydrogen) atoms. The van der Waals surface area contributed by atoms with E-state index in [9.17, 15) is 14.6 Å². The summed E-state index contributed by atoms with van der Waals surface area (Å²) in [5.41, 5.74) is 1.62. The minimum Gasteiger partial charge on any atom is -0.390 e. The highest BCUT2D eigenvalue weighted by Crippen LogP contribution is 2.50. The number of aryl methyl sites for hydroxylation is 1. The second kappa shape index (κ2) is 9.29. The van der Waals surface area contributed by atoms with E-state index in [1.807, 2.05) is 13.0 Å². The Bertz CT molecular complexity index is 780. The molecule has 168 valence electrons. The van der Waals surface area contributed by atoms with Crippen molar-refractivity contribution in [1.82, 2.24) is 0 Å². The number of thiol groups is 1. The van der Waals surface area contributed by atoms with Crippen molar-refractivity contribution in [3.8, 4) is 0 Å². The first-order valence-electron chi connectivity index (χ1n) is 10.8. The predicted molar refractivity (Wildman–Crippen MR) is 119 cm³/mol. The molecule has 6 atom stereocenters. The summed E-state index contributed by atoms with van der Waals surface area (Å²) < 4.78 is 25.7. The minimum atomic E-state index is -0.991. The van der Waals surface area contributed by atoms with Gasteiger partial charge in [0.1, 0.15) is 11.4 Å². The SMILES string of the molecule is COC1C(O)CCC(O)(CS)C1CCc1ccc(F)cc1C1(C)OC1CC=C(C)C. The van der Waals surface area contributed by atoms with Gasteiger partial charge in [-0.3, -0.25) is 0 Å². The molecule has 1 heterocycles. The van der Waals surface area contributed by atoms with E-state index in [-0.39, 0.29) is 17.8 Å². The zero-order valence-electron chi connectivity index (χ0n) is 18.4. The van der Waals surface area contributed by atoms with Crippen molar-refractivity contribution in [2.24, 2.45) is 5.92 Å². The molecule has 2 aliphatic rings. The lowest BCUT2D eigenvalue weighted by Crippen LogP contribution is -2.55. The Kier molecular flexibility index (Phi) is 7.35. The molecule has 0 spiro atoms. The Hall–Kier alpha value is -0.920. The average molecular weight is 439 g/mol. The maximum Gasteiger partial charge on any atom is 0.123 e. The Balaban J connectivity index is 1.81. The quantitative estimate of drug-likeness (QED) is 0.324. The average Bonchev–Trinajstić information content (AvgIpc) is 3.39. The lowest BCUT2D eigenvalue weighted by molar-refractivity contribution is -0.152. The number of hydrogen-bond donors (Lipinski definition) is 3. The fourth-order valence-corrected chi connectivity index (χ4v) is 5.32. The van der Waals surface area contributed by atoms with Crippen LogP contribution in [0.4, 0.5) is 4.39 Å². The van der Waals surface area contributed by atoms with Crippen molar-refractivity contribution in [1.29, 1.82) is 0 Å². The van der Waals surface area contributed by atoms with Crippen molar-refractivity contribution in [2.45, 2.75) is 82.4 Å². The molecule has 1 aromatic carbocycles. The smallest absolute Gasteiger partial charge is 0.123 e. The number of aliphatic hydroxyl groups excluding tert-OH is 1. The highest BCUT2D eigenvalue weighted by atomic mass is 32.1. The summed E-state index contributed by atoms with van der Waals surface area (Å²) in [7, 11) is 1.57. The van der Waals surface area contributed by atoms with Gasteiger partial charge in [0.05, 0.1) is 23.9 Å². The molecular formula is C24H35FO4S. The Morgan fingerprint density at radius 3 is 2.77 bits per heavy atom. The van der Waals surface area contributed by atoms with Crippen LogP contribution in [0.15, 0.2) is 29.8 Å². The molecule has 1 saturated carbocycles. The maximum atomic E-state index is 14.1. The molecule has 1 saturated heterocycles. The summed E-state index contributed by atoms with van der Waals surface area (Å²) in [6.07, 6.45) is 4.16. The molecule has 1 aliphatic carbocycles. The lowest BCUT2D eigenvalue weighted by atomic mass is 9.70. The van der Waals surface area contributed by atoms with Gasteiger partial charge in [-0.2, -0.15) is 12.6 Å². The van der Waals surface area contributed by atoms with E-state index >= 15 is 0 Å². The van der Waals surface area contributed by atoms with Crippen molar-refractivity contribution < 1.29 is 24.1 Å². The fourth-order valence-electron chi connectivity index (χ4n) is 4.93. The van der Waals surface area contributed by atoms with Crippen LogP contribution in [0, 0.1) is 11.7 Å². The number of rotatable bonds is 8. The molecule has 6 unspecified atom stereocenters. The van der Waals surface area contributed by atoms with E-state index in [2.05, 4.69) is 32.6 Å². The third kappa shape index (κ3) is 4.78. The molecule has 3 rings (SSSR count). The lowest BCUT2D eigenvalue weighted by Gasteiger charge is -2.46. The summed E-state index contributed by atoms with van der Waals surface area (Å²) in [5, 5.41) is 21.5. The van der Waals surface area contributed by atoms with E-state index < -0.39 is 23.4 Å². The second-order valence-electron chi connectivity index (χ2n) is 9.25. The van der Waals surface area contributed by atoms with Gasteiger partial charge in [-0.1, -0.05) is 17.7 Å². The Morgan fingerprint density at radius 2 is 2.13 bits per heavy atom. The van der Waals surface area contributed by atoms with Gasteiger partial charge >= 0.3 is 0 Å². The topological polar surface area (TPSA) is 62.2 Å². The highest BCUT2D eigenvalue weighted by Gasteiger charge is 2.54. The third-order valence-electron chi connectivity index (χ3n) is 6.90. The Morgan fingerprint density at radius 1 is 1.40 bits per heavy atom. The molecule has 2 fully saturated rings. The number of benzene rings is 1. The summed E-state index contributed by atoms with van der Waals surface area (Å²) >= 11 is 4.38. The largest absolute Gasteiger partial charge is 0.390 e. The standard InChI is InChI=1S/C24H35FO4S/c1-15(2)5-10-21-23(3,29-21)19-13-17(25)8-6-16(19)7-9-18-22(28-4)20(26)11-12-24(18,27)14-30/h5-6,8,13,18,20-22,26-27,30H,7,9-12,14H2,1-4H3. The molecule has 1 aromatic rings. The van der Waals surface area contributed by atoms with E-state index in [1.54, 1.807) is 13.2 Å². The number of halogens is 1. The fraction of sp³-hybridized carbons (Fsp3) is 0.667. The predicted octanol–water partition coefficient (Wildman–Crippen LogP) is 4.18. The summed E-state index contributed by atoms with van der Waals surface area (Å²) in [6, 6.07) is 4.87. The first-order chi connectivity index (χ1) is 14.1. The number of allylic oxidation sites excluding steroid dienone is 1. The zero-order valence-corrected chi connectivity index (χ0v) is 19.3. The normalized spacial score (nSPS) is 35.9. The molecular weight excluding hydrogens is 403 g/mol. The van der Waals surface area contributed by atoms with Gasteiger partial charge < -0.3 is 19.7 Å². The zero-order chi connectivity index (χ0) is 22.1. The van der Waals surface area contributed by atoms with Crippen molar-refractivity contribution in [2.75, 3.05) is 12.9 Å². The summed E-state index contributed by atoms with van der Waals surface area (Å²) in [5.74, 6) is -0.219. The van der Waals surface area contributed by atoms with Gasteiger partial charge in [0.25, 0.3) is 0 Å². The molecule has 0 amide bonds. The second-order valence-corrected chi connectivity index (χ2v) is 9.56. The summed E-state index contributed by atoms with van der Waals surface area (Å²) in [6.45, 7) is 6.13. The number of methoxy groups -OCH3 is 1. The van der Waals surface area contributed by atoms with Gasteiger partial charge in [-0.05, 0) is 76.1 Å². The van der Waals surface area contributed by atoms with Crippen molar-refractivity contribution in [3.05, 3.63) is 46.8 Å². The summed E-state index contributed by atoms with van der Waals surface area (Å²) in [4.78, 5) is 0. The van der Waals surface area contributed by atoms with Gasteiger partial charge in [0.2, 0.25) is 0 Å².